The summed E-state index contributed by atoms with van der Waals surface area (Å²) in [5.74, 6) is -0.897. The number of hydrogen-bond acceptors (Lipinski definition) is 5. The zero-order valence-corrected chi connectivity index (χ0v) is 8.44. The first-order valence-electron chi connectivity index (χ1n) is 4.69. The molecule has 2 aliphatic heterocycles. The van der Waals surface area contributed by atoms with Crippen LogP contribution in [-0.4, -0.2) is 24.1 Å². The topological polar surface area (TPSA) is 64.6 Å². The Kier molecular flexibility index (Phi) is 2.22. The first kappa shape index (κ1) is 9.76. The standard InChI is InChI=1S/C10H11NO4/c1-5-3-7(9(12)14-5)11-8-4-6(2)15-10(8)13/h3-6,11H,1-2H3/t5-,6-/m0/s1. The first-order chi connectivity index (χ1) is 7.06. The largest absolute Gasteiger partial charge is 0.454 e. The van der Waals surface area contributed by atoms with E-state index in [1.807, 2.05) is 0 Å². The van der Waals surface area contributed by atoms with E-state index in [0.29, 0.717) is 11.4 Å². The molecule has 0 aromatic rings. The summed E-state index contributed by atoms with van der Waals surface area (Å²) < 4.78 is 9.75. The Morgan fingerprint density at radius 1 is 1.00 bits per heavy atom. The molecule has 0 saturated carbocycles. The molecule has 0 unspecified atom stereocenters. The smallest absolute Gasteiger partial charge is 0.355 e. The van der Waals surface area contributed by atoms with Gasteiger partial charge >= 0.3 is 11.9 Å². The van der Waals surface area contributed by atoms with Gasteiger partial charge in [-0.3, -0.25) is 0 Å². The van der Waals surface area contributed by atoms with E-state index in [4.69, 9.17) is 9.47 Å². The van der Waals surface area contributed by atoms with E-state index >= 15 is 0 Å². The molecule has 15 heavy (non-hydrogen) atoms. The molecule has 0 spiro atoms. The Bertz CT molecular complexity index is 347. The fourth-order valence-electron chi connectivity index (χ4n) is 1.47. The predicted octanol–water partition coefficient (Wildman–Crippen LogP) is 0.234. The minimum Gasteiger partial charge on any atom is -0.454 e. The maximum absolute atomic E-state index is 11.2. The van der Waals surface area contributed by atoms with E-state index in [0.717, 1.165) is 0 Å². The highest BCUT2D eigenvalue weighted by atomic mass is 16.6. The summed E-state index contributed by atoms with van der Waals surface area (Å²) in [5.41, 5.74) is 0.583. The summed E-state index contributed by atoms with van der Waals surface area (Å²) in [4.78, 5) is 22.5. The van der Waals surface area contributed by atoms with Gasteiger partial charge < -0.3 is 14.8 Å². The number of cyclic esters (lactones) is 2. The summed E-state index contributed by atoms with van der Waals surface area (Å²) in [6.07, 6.45) is 2.74. The monoisotopic (exact) mass is 209 g/mol. The van der Waals surface area contributed by atoms with Crippen molar-refractivity contribution in [3.63, 3.8) is 0 Å². The third-order valence-corrected chi connectivity index (χ3v) is 2.10. The van der Waals surface area contributed by atoms with Gasteiger partial charge in [0.1, 0.15) is 23.6 Å². The van der Waals surface area contributed by atoms with Gasteiger partial charge in [-0.1, -0.05) is 0 Å². The van der Waals surface area contributed by atoms with Gasteiger partial charge in [0.2, 0.25) is 0 Å². The van der Waals surface area contributed by atoms with Crippen LogP contribution < -0.4 is 5.32 Å². The van der Waals surface area contributed by atoms with Crippen molar-refractivity contribution in [1.82, 2.24) is 5.32 Å². The lowest BCUT2D eigenvalue weighted by molar-refractivity contribution is -0.139. The molecule has 0 saturated heterocycles. The van der Waals surface area contributed by atoms with Crippen molar-refractivity contribution >= 4 is 11.9 Å². The second-order valence-corrected chi connectivity index (χ2v) is 3.51. The normalized spacial score (nSPS) is 29.5. The molecule has 0 bridgehead atoms. The van der Waals surface area contributed by atoms with Crippen molar-refractivity contribution in [3.8, 4) is 0 Å². The third kappa shape index (κ3) is 1.86. The highest BCUT2D eigenvalue weighted by Gasteiger charge is 2.28. The van der Waals surface area contributed by atoms with Gasteiger partial charge in [-0.05, 0) is 26.0 Å². The molecular weight excluding hydrogens is 198 g/mol. The minimum atomic E-state index is -0.448. The van der Waals surface area contributed by atoms with Crippen LogP contribution in [0, 0.1) is 0 Å². The van der Waals surface area contributed by atoms with Crippen LogP contribution in [0.1, 0.15) is 13.8 Å². The predicted molar refractivity (Wildman–Crippen MR) is 50.4 cm³/mol. The summed E-state index contributed by atoms with van der Waals surface area (Å²) in [6.45, 7) is 3.49. The molecule has 0 aliphatic carbocycles. The van der Waals surface area contributed by atoms with Crippen molar-refractivity contribution in [2.75, 3.05) is 0 Å². The molecular formula is C10H11NO4. The Hall–Kier alpha value is -1.78. The second kappa shape index (κ2) is 3.42. The molecule has 0 radical (unpaired) electrons. The fourth-order valence-corrected chi connectivity index (χ4v) is 1.47. The second-order valence-electron chi connectivity index (χ2n) is 3.51. The average molecular weight is 209 g/mol. The first-order valence-corrected chi connectivity index (χ1v) is 4.69. The van der Waals surface area contributed by atoms with Gasteiger partial charge in [-0.25, -0.2) is 9.59 Å². The lowest BCUT2D eigenvalue weighted by Crippen LogP contribution is -2.21. The molecule has 2 heterocycles. The van der Waals surface area contributed by atoms with Gasteiger partial charge in [0.05, 0.1) is 0 Å². The van der Waals surface area contributed by atoms with Crippen LogP contribution in [-0.2, 0) is 19.1 Å². The van der Waals surface area contributed by atoms with Crippen LogP contribution >= 0.6 is 0 Å². The third-order valence-electron chi connectivity index (χ3n) is 2.10. The van der Waals surface area contributed by atoms with Crippen LogP contribution in [0.25, 0.3) is 0 Å². The molecule has 0 amide bonds. The lowest BCUT2D eigenvalue weighted by atomic mass is 10.3. The molecule has 2 aliphatic rings. The minimum absolute atomic E-state index is 0.254. The van der Waals surface area contributed by atoms with Crippen molar-refractivity contribution in [2.24, 2.45) is 0 Å². The Morgan fingerprint density at radius 3 is 1.67 bits per heavy atom. The number of carbonyl (C=O) groups is 2. The number of hydrogen-bond donors (Lipinski definition) is 1. The quantitative estimate of drug-likeness (QED) is 0.660. The summed E-state index contributed by atoms with van der Waals surface area (Å²) in [5, 5.41) is 2.71. The lowest BCUT2D eigenvalue weighted by Gasteiger charge is -2.02. The number of rotatable bonds is 2. The maximum Gasteiger partial charge on any atom is 0.355 e. The fraction of sp³-hybridized carbons (Fsp3) is 0.400. The van der Waals surface area contributed by atoms with Crippen molar-refractivity contribution in [1.29, 1.82) is 0 Å². The van der Waals surface area contributed by atoms with E-state index in [2.05, 4.69) is 5.32 Å². The van der Waals surface area contributed by atoms with E-state index in [1.165, 1.54) is 0 Å². The van der Waals surface area contributed by atoms with Gasteiger partial charge in [0, 0.05) is 0 Å². The van der Waals surface area contributed by atoms with E-state index in [1.54, 1.807) is 26.0 Å². The molecule has 0 aromatic carbocycles. The number of carbonyl (C=O) groups excluding carboxylic acids is 2. The van der Waals surface area contributed by atoms with Gasteiger partial charge in [-0.15, -0.1) is 0 Å². The summed E-state index contributed by atoms with van der Waals surface area (Å²) >= 11 is 0. The van der Waals surface area contributed by atoms with E-state index in [9.17, 15) is 9.59 Å². The van der Waals surface area contributed by atoms with Crippen LogP contribution in [0.15, 0.2) is 23.5 Å². The van der Waals surface area contributed by atoms with Crippen molar-refractivity contribution < 1.29 is 19.1 Å². The van der Waals surface area contributed by atoms with E-state index < -0.39 is 11.9 Å². The zero-order valence-electron chi connectivity index (χ0n) is 8.44. The molecule has 0 fully saturated rings. The van der Waals surface area contributed by atoms with Gasteiger partial charge in [-0.2, -0.15) is 0 Å². The molecule has 5 nitrogen and oxygen atoms in total. The summed E-state index contributed by atoms with van der Waals surface area (Å²) in [6, 6.07) is 0. The molecule has 1 N–H and O–H groups in total. The highest BCUT2D eigenvalue weighted by molar-refractivity contribution is 5.95. The molecule has 5 heteroatoms. The Morgan fingerprint density at radius 2 is 1.40 bits per heavy atom. The average Bonchev–Trinajstić information content (AvgIpc) is 2.58. The van der Waals surface area contributed by atoms with Gasteiger partial charge in [0.25, 0.3) is 0 Å². The van der Waals surface area contributed by atoms with Crippen LogP contribution in [0.5, 0.6) is 0 Å². The summed E-state index contributed by atoms with van der Waals surface area (Å²) in [7, 11) is 0. The molecule has 2 rings (SSSR count). The Balaban J connectivity index is 2.10. The number of ether oxygens (including phenoxy) is 2. The van der Waals surface area contributed by atoms with Crippen LogP contribution in [0.2, 0.25) is 0 Å². The SMILES string of the molecule is C[C@H]1C=C(NC2=C[C@H](C)OC2=O)C(=O)O1. The maximum atomic E-state index is 11.2. The van der Waals surface area contributed by atoms with Crippen molar-refractivity contribution in [3.05, 3.63) is 23.5 Å². The van der Waals surface area contributed by atoms with Crippen LogP contribution in [0.4, 0.5) is 0 Å². The van der Waals surface area contributed by atoms with Crippen molar-refractivity contribution in [2.45, 2.75) is 26.1 Å². The van der Waals surface area contributed by atoms with Crippen LogP contribution in [0.3, 0.4) is 0 Å². The Labute approximate surface area is 86.7 Å². The number of esters is 2. The molecule has 2 atom stereocenters. The molecule has 80 valence electrons. The zero-order chi connectivity index (χ0) is 11.0. The number of nitrogens with one attached hydrogen (secondary N) is 1. The van der Waals surface area contributed by atoms with E-state index in [-0.39, 0.29) is 12.2 Å². The van der Waals surface area contributed by atoms with Gasteiger partial charge in [0.15, 0.2) is 0 Å². The molecule has 0 aromatic heterocycles. The highest BCUT2D eigenvalue weighted by Crippen LogP contribution is 2.16.